The number of hydrogen-bond donors (Lipinski definition) is 2. The minimum absolute atomic E-state index is 0.0368. The van der Waals surface area contributed by atoms with Gasteiger partial charge in [0, 0.05) is 51.8 Å². The van der Waals surface area contributed by atoms with Crippen molar-refractivity contribution in [3.63, 3.8) is 0 Å². The molecular weight excluding hydrogens is 486 g/mol. The van der Waals surface area contributed by atoms with E-state index >= 15 is 4.39 Å². The summed E-state index contributed by atoms with van der Waals surface area (Å²) in [5, 5.41) is 17.1. The average Bonchev–Trinajstić information content (AvgIpc) is 3.51. The Morgan fingerprint density at radius 2 is 1.92 bits per heavy atom. The van der Waals surface area contributed by atoms with Crippen molar-refractivity contribution >= 4 is 21.6 Å². The summed E-state index contributed by atoms with van der Waals surface area (Å²) >= 11 is 1.28. The van der Waals surface area contributed by atoms with Crippen molar-refractivity contribution in [3.8, 4) is 11.1 Å². The lowest BCUT2D eigenvalue weighted by molar-refractivity contribution is 0.269. The molecule has 190 valence electrons. The summed E-state index contributed by atoms with van der Waals surface area (Å²) in [5.74, 6) is -1.63. The lowest BCUT2D eigenvalue weighted by Gasteiger charge is -2.14. The van der Waals surface area contributed by atoms with Crippen LogP contribution in [0.2, 0.25) is 0 Å². The van der Waals surface area contributed by atoms with Crippen molar-refractivity contribution in [1.82, 2.24) is 19.3 Å². The zero-order chi connectivity index (χ0) is 25.9. The van der Waals surface area contributed by atoms with Gasteiger partial charge < -0.3 is 5.11 Å². The zero-order valence-electron chi connectivity index (χ0n) is 20.6. The third-order valence-electron chi connectivity index (χ3n) is 6.77. The van der Waals surface area contributed by atoms with Gasteiger partial charge >= 0.3 is 5.69 Å². The highest BCUT2D eigenvalue weighted by molar-refractivity contribution is 7.19. The van der Waals surface area contributed by atoms with Gasteiger partial charge in [-0.25, -0.2) is 13.6 Å². The average molecular weight is 515 g/mol. The van der Waals surface area contributed by atoms with Gasteiger partial charge in [-0.15, -0.1) is 11.3 Å². The molecule has 0 unspecified atom stereocenters. The number of aromatic amines is 1. The fourth-order valence-electron chi connectivity index (χ4n) is 4.80. The number of aromatic nitrogens is 4. The van der Waals surface area contributed by atoms with Crippen molar-refractivity contribution in [2.45, 2.75) is 66.2 Å². The standard InChI is InChI=1S/C26H28F2N4O3S/c1-12(2)10-31-25-22(24(34)32(26(31)35)15-5-6-15)21(16-7-8-19(27)18(11-33)23(16)28)20(36-25)9-17-13(3)29-30-14(17)4/h7-8,12,15,33H,5-6,9-11H2,1-4H3,(H,29,30). The van der Waals surface area contributed by atoms with Crippen LogP contribution in [0.15, 0.2) is 21.7 Å². The molecule has 4 aromatic rings. The Balaban J connectivity index is 1.91. The van der Waals surface area contributed by atoms with Gasteiger partial charge in [0.05, 0.1) is 17.7 Å². The van der Waals surface area contributed by atoms with E-state index in [9.17, 15) is 19.1 Å². The van der Waals surface area contributed by atoms with Crippen LogP contribution in [-0.4, -0.2) is 24.4 Å². The van der Waals surface area contributed by atoms with Gasteiger partial charge in [0.1, 0.15) is 16.5 Å². The second-order valence-electron chi connectivity index (χ2n) is 9.91. The Bertz CT molecular complexity index is 1590. The second-order valence-corrected chi connectivity index (χ2v) is 11.0. The van der Waals surface area contributed by atoms with Crippen LogP contribution in [-0.2, 0) is 19.6 Å². The molecule has 36 heavy (non-hydrogen) atoms. The molecule has 3 aromatic heterocycles. The predicted molar refractivity (Wildman–Crippen MR) is 136 cm³/mol. The van der Waals surface area contributed by atoms with E-state index in [4.69, 9.17) is 0 Å². The molecule has 10 heteroatoms. The molecule has 0 aliphatic heterocycles. The summed E-state index contributed by atoms with van der Waals surface area (Å²) in [6.45, 7) is 7.33. The van der Waals surface area contributed by atoms with Crippen LogP contribution in [0.3, 0.4) is 0 Å². The van der Waals surface area contributed by atoms with Gasteiger partial charge in [-0.05, 0) is 44.7 Å². The van der Waals surface area contributed by atoms with Crippen molar-refractivity contribution in [1.29, 1.82) is 0 Å². The smallest absolute Gasteiger partial charge is 0.332 e. The summed E-state index contributed by atoms with van der Waals surface area (Å²) in [6.07, 6.45) is 1.83. The molecule has 0 saturated heterocycles. The van der Waals surface area contributed by atoms with E-state index in [1.807, 2.05) is 27.7 Å². The normalized spacial score (nSPS) is 13.9. The van der Waals surface area contributed by atoms with Gasteiger partial charge in [-0.2, -0.15) is 5.10 Å². The van der Waals surface area contributed by atoms with Gasteiger partial charge in [0.2, 0.25) is 0 Å². The highest BCUT2D eigenvalue weighted by atomic mass is 32.1. The summed E-state index contributed by atoms with van der Waals surface area (Å²) in [4.78, 5) is 28.5. The van der Waals surface area contributed by atoms with E-state index in [0.29, 0.717) is 28.2 Å². The molecule has 3 heterocycles. The Hall–Kier alpha value is -3.11. The number of nitrogens with one attached hydrogen (secondary N) is 1. The number of aliphatic hydroxyl groups is 1. The Kier molecular flexibility index (Phi) is 6.20. The van der Waals surface area contributed by atoms with E-state index in [0.717, 1.165) is 35.9 Å². The molecule has 1 aliphatic carbocycles. The Labute approximate surface area is 210 Å². The number of aryl methyl sites for hydroxylation is 2. The van der Waals surface area contributed by atoms with Crippen LogP contribution in [0.4, 0.5) is 8.78 Å². The van der Waals surface area contributed by atoms with Gasteiger partial charge in [-0.3, -0.25) is 19.0 Å². The number of rotatable bonds is 7. The van der Waals surface area contributed by atoms with Crippen LogP contribution in [0.25, 0.3) is 21.3 Å². The molecule has 1 fully saturated rings. The molecule has 5 rings (SSSR count). The molecule has 1 saturated carbocycles. The molecule has 0 bridgehead atoms. The molecule has 1 aromatic carbocycles. The molecule has 7 nitrogen and oxygen atoms in total. The highest BCUT2D eigenvalue weighted by Crippen LogP contribution is 2.42. The third kappa shape index (κ3) is 3.92. The van der Waals surface area contributed by atoms with E-state index in [1.54, 1.807) is 4.57 Å². The highest BCUT2D eigenvalue weighted by Gasteiger charge is 2.32. The molecule has 0 radical (unpaired) electrons. The van der Waals surface area contributed by atoms with Crippen LogP contribution in [0.5, 0.6) is 0 Å². The fraction of sp³-hybridized carbons (Fsp3) is 0.423. The van der Waals surface area contributed by atoms with Crippen LogP contribution in [0, 0.1) is 31.4 Å². The number of halogens is 2. The zero-order valence-corrected chi connectivity index (χ0v) is 21.4. The Morgan fingerprint density at radius 3 is 2.50 bits per heavy atom. The number of fused-ring (bicyclic) bond motifs is 1. The molecule has 1 aliphatic rings. The van der Waals surface area contributed by atoms with Gasteiger partial charge in [0.15, 0.2) is 0 Å². The SMILES string of the molecule is Cc1n[nH]c(C)c1Cc1sc2c(c1-c1ccc(F)c(CO)c1F)c(=O)n(C1CC1)c(=O)n2CC(C)C. The van der Waals surface area contributed by atoms with E-state index < -0.39 is 29.4 Å². The molecular formula is C26H28F2N4O3S. The first-order valence-electron chi connectivity index (χ1n) is 12.0. The topological polar surface area (TPSA) is 92.9 Å². The first-order chi connectivity index (χ1) is 17.1. The van der Waals surface area contributed by atoms with Gasteiger partial charge in [-0.1, -0.05) is 13.8 Å². The van der Waals surface area contributed by atoms with Crippen molar-refractivity contribution in [2.24, 2.45) is 5.92 Å². The maximum atomic E-state index is 15.6. The van der Waals surface area contributed by atoms with E-state index in [-0.39, 0.29) is 28.6 Å². The van der Waals surface area contributed by atoms with Crippen LogP contribution >= 0.6 is 11.3 Å². The summed E-state index contributed by atoms with van der Waals surface area (Å²) in [5.41, 5.74) is 1.66. The summed E-state index contributed by atoms with van der Waals surface area (Å²) < 4.78 is 32.9. The lowest BCUT2D eigenvalue weighted by Crippen LogP contribution is -2.40. The molecule has 2 N–H and O–H groups in total. The number of aliphatic hydroxyl groups excluding tert-OH is 1. The number of H-pyrrole nitrogens is 1. The number of thiophene rings is 1. The largest absolute Gasteiger partial charge is 0.391 e. The first-order valence-corrected chi connectivity index (χ1v) is 12.8. The predicted octanol–water partition coefficient (Wildman–Crippen LogP) is 4.58. The summed E-state index contributed by atoms with van der Waals surface area (Å²) in [7, 11) is 0. The second kappa shape index (κ2) is 9.08. The molecule has 0 amide bonds. The van der Waals surface area contributed by atoms with Crippen LogP contribution in [0.1, 0.15) is 60.1 Å². The monoisotopic (exact) mass is 514 g/mol. The van der Waals surface area contributed by atoms with E-state index in [2.05, 4.69) is 10.2 Å². The fourth-order valence-corrected chi connectivity index (χ4v) is 6.12. The number of nitrogens with zero attached hydrogens (tertiary/aromatic N) is 3. The van der Waals surface area contributed by atoms with E-state index in [1.165, 1.54) is 22.0 Å². The maximum absolute atomic E-state index is 15.6. The quantitative estimate of drug-likeness (QED) is 0.378. The minimum atomic E-state index is -0.905. The number of hydrogen-bond acceptors (Lipinski definition) is 5. The van der Waals surface area contributed by atoms with Crippen LogP contribution < -0.4 is 11.2 Å². The van der Waals surface area contributed by atoms with Crippen molar-refractivity contribution < 1.29 is 13.9 Å². The lowest BCUT2D eigenvalue weighted by atomic mass is 9.97. The number of benzene rings is 1. The van der Waals surface area contributed by atoms with Crippen molar-refractivity contribution in [3.05, 3.63) is 72.0 Å². The summed E-state index contributed by atoms with van der Waals surface area (Å²) in [6, 6.07) is 2.24. The molecule has 0 spiro atoms. The third-order valence-corrected chi connectivity index (χ3v) is 7.98. The molecule has 0 atom stereocenters. The first kappa shape index (κ1) is 24.6. The van der Waals surface area contributed by atoms with Crippen molar-refractivity contribution in [2.75, 3.05) is 0 Å². The maximum Gasteiger partial charge on any atom is 0.332 e. The minimum Gasteiger partial charge on any atom is -0.391 e. The Morgan fingerprint density at radius 1 is 1.19 bits per heavy atom. The van der Waals surface area contributed by atoms with Gasteiger partial charge in [0.25, 0.3) is 5.56 Å².